The van der Waals surface area contributed by atoms with Crippen LogP contribution in [0, 0.1) is 6.92 Å². The molecule has 0 unspecified atom stereocenters. The molecule has 1 aliphatic rings. The van der Waals surface area contributed by atoms with Crippen molar-refractivity contribution in [3.63, 3.8) is 0 Å². The van der Waals surface area contributed by atoms with Gasteiger partial charge in [-0.05, 0) is 31.0 Å². The number of aromatic nitrogens is 2. The van der Waals surface area contributed by atoms with Crippen LogP contribution in [-0.2, 0) is 10.5 Å². The minimum Gasteiger partial charge on any atom is -0.301 e. The molecule has 4 rings (SSSR count). The Morgan fingerprint density at radius 3 is 2.39 bits per heavy atom. The maximum atomic E-state index is 12.3. The molecule has 2 aromatic carbocycles. The second kappa shape index (κ2) is 9.40. The molecule has 0 saturated heterocycles. The third kappa shape index (κ3) is 5.00. The minimum atomic E-state index is -0.305. The summed E-state index contributed by atoms with van der Waals surface area (Å²) in [5, 5.41) is 11.3. The molecule has 158 valence electrons. The van der Waals surface area contributed by atoms with Crippen LogP contribution in [0.15, 0.2) is 52.9 Å². The summed E-state index contributed by atoms with van der Waals surface area (Å²) in [6, 6.07) is 15.1. The second-order valence-electron chi connectivity index (χ2n) is 7.11. The van der Waals surface area contributed by atoms with Crippen LogP contribution >= 0.6 is 23.1 Å². The zero-order valence-electron chi connectivity index (χ0n) is 16.8. The predicted molar refractivity (Wildman–Crippen MR) is 120 cm³/mol. The maximum absolute atomic E-state index is 12.3. The molecule has 0 saturated carbocycles. The van der Waals surface area contributed by atoms with Crippen molar-refractivity contribution in [2.75, 3.05) is 11.9 Å². The van der Waals surface area contributed by atoms with Crippen LogP contribution in [0.2, 0.25) is 0 Å². The topological polar surface area (TPSA) is 92.3 Å². The molecule has 9 heteroatoms. The Labute approximate surface area is 187 Å². The van der Waals surface area contributed by atoms with Crippen molar-refractivity contribution < 1.29 is 14.4 Å². The number of rotatable bonds is 8. The molecule has 3 amide bonds. The van der Waals surface area contributed by atoms with Crippen molar-refractivity contribution in [3.8, 4) is 0 Å². The number of fused-ring (bicyclic) bond motifs is 1. The number of carbonyl (C=O) groups excluding carboxylic acids is 3. The molecule has 0 atom stereocenters. The summed E-state index contributed by atoms with van der Waals surface area (Å²) in [6.45, 7) is 2.25. The van der Waals surface area contributed by atoms with Crippen LogP contribution in [0.5, 0.6) is 0 Å². The summed E-state index contributed by atoms with van der Waals surface area (Å²) in [6.07, 6.45) is 0.559. The van der Waals surface area contributed by atoms with Gasteiger partial charge in [-0.3, -0.25) is 19.3 Å². The number of anilines is 1. The third-order valence-electron chi connectivity index (χ3n) is 4.80. The number of nitrogens with one attached hydrogen (secondary N) is 1. The number of amides is 3. The van der Waals surface area contributed by atoms with E-state index >= 15 is 0 Å². The van der Waals surface area contributed by atoms with E-state index in [-0.39, 0.29) is 30.7 Å². The highest BCUT2D eigenvalue weighted by atomic mass is 32.2. The molecule has 0 spiro atoms. The van der Waals surface area contributed by atoms with Crippen LogP contribution in [0.25, 0.3) is 0 Å². The summed E-state index contributed by atoms with van der Waals surface area (Å²) in [4.78, 5) is 38.1. The van der Waals surface area contributed by atoms with Gasteiger partial charge in [-0.2, -0.15) is 0 Å². The third-order valence-corrected chi connectivity index (χ3v) is 6.84. The standard InChI is InChI=1S/C22H20N4O3S2/c1-14-8-10-15(11-9-14)13-30-22-25-24-21(31-22)23-18(27)7-4-12-26-19(28)16-5-2-3-6-17(16)20(26)29/h2-3,5-6,8-11H,4,7,12-13H2,1H3,(H,23,24,27). The quantitative estimate of drug-likeness (QED) is 0.314. The Bertz CT molecular complexity index is 1090. The molecule has 0 fully saturated rings. The molecule has 1 N–H and O–H groups in total. The molecule has 7 nitrogen and oxygen atoms in total. The van der Waals surface area contributed by atoms with E-state index in [0.717, 1.165) is 10.1 Å². The molecule has 0 aliphatic carbocycles. The average Bonchev–Trinajstić information content (AvgIpc) is 3.31. The van der Waals surface area contributed by atoms with E-state index in [2.05, 4.69) is 46.7 Å². The Balaban J connectivity index is 1.22. The van der Waals surface area contributed by atoms with Crippen molar-refractivity contribution in [3.05, 3.63) is 70.8 Å². The van der Waals surface area contributed by atoms with Crippen LogP contribution in [-0.4, -0.2) is 39.4 Å². The van der Waals surface area contributed by atoms with E-state index in [1.54, 1.807) is 36.0 Å². The van der Waals surface area contributed by atoms with Gasteiger partial charge in [-0.1, -0.05) is 65.1 Å². The van der Waals surface area contributed by atoms with Crippen LogP contribution in [0.3, 0.4) is 0 Å². The van der Waals surface area contributed by atoms with E-state index in [4.69, 9.17) is 0 Å². The normalized spacial score (nSPS) is 12.9. The van der Waals surface area contributed by atoms with E-state index in [1.165, 1.54) is 27.4 Å². The number of aryl methyl sites for hydroxylation is 1. The summed E-state index contributed by atoms with van der Waals surface area (Å²) < 4.78 is 0.780. The smallest absolute Gasteiger partial charge is 0.261 e. The number of hydrogen-bond donors (Lipinski definition) is 1. The largest absolute Gasteiger partial charge is 0.301 e. The minimum absolute atomic E-state index is 0.179. The molecular formula is C22H20N4O3S2. The Morgan fingerprint density at radius 2 is 1.71 bits per heavy atom. The fraction of sp³-hybridized carbons (Fsp3) is 0.227. The van der Waals surface area contributed by atoms with Gasteiger partial charge in [0.25, 0.3) is 11.8 Å². The Hall–Kier alpha value is -3.04. The maximum Gasteiger partial charge on any atom is 0.261 e. The van der Waals surface area contributed by atoms with Gasteiger partial charge in [0.2, 0.25) is 11.0 Å². The van der Waals surface area contributed by atoms with Gasteiger partial charge in [-0.25, -0.2) is 0 Å². The van der Waals surface area contributed by atoms with Crippen molar-refractivity contribution in [2.24, 2.45) is 0 Å². The Morgan fingerprint density at radius 1 is 1.03 bits per heavy atom. The molecule has 1 aromatic heterocycles. The van der Waals surface area contributed by atoms with Gasteiger partial charge in [0.15, 0.2) is 4.34 Å². The van der Waals surface area contributed by atoms with E-state index in [1.807, 2.05) is 0 Å². The summed E-state index contributed by atoms with van der Waals surface area (Å²) in [7, 11) is 0. The number of carbonyl (C=O) groups is 3. The fourth-order valence-electron chi connectivity index (χ4n) is 3.17. The van der Waals surface area contributed by atoms with E-state index in [9.17, 15) is 14.4 Å². The van der Waals surface area contributed by atoms with E-state index in [0.29, 0.717) is 22.7 Å². The van der Waals surface area contributed by atoms with Crippen LogP contribution in [0.1, 0.15) is 44.7 Å². The van der Waals surface area contributed by atoms with E-state index < -0.39 is 0 Å². The Kier molecular flexibility index (Phi) is 6.43. The molecular weight excluding hydrogens is 432 g/mol. The molecule has 2 heterocycles. The number of nitrogens with zero attached hydrogens (tertiary/aromatic N) is 3. The van der Waals surface area contributed by atoms with Crippen molar-refractivity contribution in [1.29, 1.82) is 0 Å². The first-order valence-corrected chi connectivity index (χ1v) is 11.6. The van der Waals surface area contributed by atoms with Crippen LogP contribution < -0.4 is 5.32 Å². The lowest BCUT2D eigenvalue weighted by molar-refractivity contribution is -0.116. The first kappa shape index (κ1) is 21.2. The van der Waals surface area contributed by atoms with Crippen molar-refractivity contribution >= 4 is 46.0 Å². The lowest BCUT2D eigenvalue weighted by Gasteiger charge is -2.13. The highest BCUT2D eigenvalue weighted by Gasteiger charge is 2.34. The van der Waals surface area contributed by atoms with Crippen LogP contribution in [0.4, 0.5) is 5.13 Å². The van der Waals surface area contributed by atoms with Gasteiger partial charge < -0.3 is 5.32 Å². The first-order chi connectivity index (χ1) is 15.0. The summed E-state index contributed by atoms with van der Waals surface area (Å²) in [5.74, 6) is -0.0491. The molecule has 31 heavy (non-hydrogen) atoms. The molecule has 0 radical (unpaired) electrons. The van der Waals surface area contributed by atoms with Gasteiger partial charge >= 0.3 is 0 Å². The first-order valence-electron chi connectivity index (χ1n) is 9.78. The van der Waals surface area contributed by atoms with Gasteiger partial charge in [0.05, 0.1) is 11.1 Å². The number of benzene rings is 2. The highest BCUT2D eigenvalue weighted by molar-refractivity contribution is 8.00. The molecule has 3 aromatic rings. The lowest BCUT2D eigenvalue weighted by atomic mass is 10.1. The highest BCUT2D eigenvalue weighted by Crippen LogP contribution is 2.28. The van der Waals surface area contributed by atoms with Crippen molar-refractivity contribution in [2.45, 2.75) is 29.9 Å². The summed E-state index contributed by atoms with van der Waals surface area (Å²) in [5.41, 5.74) is 3.25. The van der Waals surface area contributed by atoms with Crippen molar-refractivity contribution in [1.82, 2.24) is 15.1 Å². The monoisotopic (exact) mass is 452 g/mol. The zero-order chi connectivity index (χ0) is 21.8. The average molecular weight is 453 g/mol. The molecule has 0 bridgehead atoms. The fourth-order valence-corrected chi connectivity index (χ4v) is 4.89. The second-order valence-corrected chi connectivity index (χ2v) is 9.31. The van der Waals surface area contributed by atoms with Gasteiger partial charge in [0, 0.05) is 18.7 Å². The zero-order valence-corrected chi connectivity index (χ0v) is 18.5. The predicted octanol–water partition coefficient (Wildman–Crippen LogP) is 4.15. The van der Waals surface area contributed by atoms with Gasteiger partial charge in [0.1, 0.15) is 0 Å². The number of thioether (sulfide) groups is 1. The number of hydrogen-bond acceptors (Lipinski definition) is 7. The number of imide groups is 1. The lowest BCUT2D eigenvalue weighted by Crippen LogP contribution is -2.31. The molecule has 1 aliphatic heterocycles. The SMILES string of the molecule is Cc1ccc(CSc2nnc(NC(=O)CCCN3C(=O)c4ccccc4C3=O)s2)cc1. The summed E-state index contributed by atoms with van der Waals surface area (Å²) >= 11 is 2.89. The van der Waals surface area contributed by atoms with Gasteiger partial charge in [-0.15, -0.1) is 10.2 Å².